The average molecular weight is 435 g/mol. The summed E-state index contributed by atoms with van der Waals surface area (Å²) in [5.74, 6) is -0.889. The molecule has 0 aliphatic carbocycles. The second-order valence-electron chi connectivity index (χ2n) is 7.50. The minimum absolute atomic E-state index is 0.106. The lowest BCUT2D eigenvalue weighted by Gasteiger charge is -2.23. The van der Waals surface area contributed by atoms with E-state index in [2.05, 4.69) is 20.6 Å². The molecule has 0 unspecified atom stereocenters. The first-order valence-electron chi connectivity index (χ1n) is 9.89. The zero-order valence-electron chi connectivity index (χ0n) is 17.2. The number of carbonyl (C=O) groups excluding carboxylic acids is 2. The third-order valence-electron chi connectivity index (χ3n) is 5.24. The SMILES string of the molecule is Cc1ccc(NC(=O)[C@H]2CC(=O)Nc3nc(SCc4ccccc4)[nH]c(=O)c32)cc1C. The number of amides is 2. The molecule has 2 heterocycles. The Morgan fingerprint density at radius 3 is 2.65 bits per heavy atom. The Balaban J connectivity index is 1.58. The molecule has 3 aromatic rings. The molecule has 1 aliphatic heterocycles. The van der Waals surface area contributed by atoms with Crippen molar-refractivity contribution in [3.8, 4) is 0 Å². The van der Waals surface area contributed by atoms with Crippen molar-refractivity contribution in [2.24, 2.45) is 0 Å². The Morgan fingerprint density at radius 2 is 1.90 bits per heavy atom. The van der Waals surface area contributed by atoms with Crippen molar-refractivity contribution in [1.82, 2.24) is 9.97 Å². The van der Waals surface area contributed by atoms with Crippen LogP contribution in [-0.4, -0.2) is 21.8 Å². The molecule has 7 nitrogen and oxygen atoms in total. The Labute approximate surface area is 183 Å². The number of anilines is 2. The minimum atomic E-state index is -0.908. The van der Waals surface area contributed by atoms with Gasteiger partial charge in [0, 0.05) is 17.9 Å². The maximum Gasteiger partial charge on any atom is 0.257 e. The molecule has 2 amide bonds. The summed E-state index contributed by atoms with van der Waals surface area (Å²) in [4.78, 5) is 45.2. The van der Waals surface area contributed by atoms with Gasteiger partial charge in [-0.2, -0.15) is 0 Å². The van der Waals surface area contributed by atoms with Gasteiger partial charge in [0.1, 0.15) is 5.82 Å². The van der Waals surface area contributed by atoms with E-state index in [1.54, 1.807) is 6.07 Å². The van der Waals surface area contributed by atoms with Crippen LogP contribution in [-0.2, 0) is 15.3 Å². The molecule has 4 rings (SSSR count). The number of nitrogens with one attached hydrogen (secondary N) is 3. The second kappa shape index (κ2) is 8.77. The van der Waals surface area contributed by atoms with Crippen molar-refractivity contribution in [2.75, 3.05) is 10.6 Å². The Kier molecular flexibility index (Phi) is 5.90. The summed E-state index contributed by atoms with van der Waals surface area (Å²) in [5.41, 5.74) is 3.63. The second-order valence-corrected chi connectivity index (χ2v) is 8.46. The predicted molar refractivity (Wildman–Crippen MR) is 121 cm³/mol. The van der Waals surface area contributed by atoms with Crippen LogP contribution in [0, 0.1) is 13.8 Å². The molecule has 0 saturated heterocycles. The van der Waals surface area contributed by atoms with Gasteiger partial charge in [0.2, 0.25) is 11.8 Å². The number of hydrogen-bond donors (Lipinski definition) is 3. The summed E-state index contributed by atoms with van der Waals surface area (Å²) in [7, 11) is 0. The summed E-state index contributed by atoms with van der Waals surface area (Å²) < 4.78 is 0. The lowest BCUT2D eigenvalue weighted by molar-refractivity contribution is -0.123. The third-order valence-corrected chi connectivity index (χ3v) is 6.18. The number of benzene rings is 2. The first-order valence-corrected chi connectivity index (χ1v) is 10.9. The zero-order valence-corrected chi connectivity index (χ0v) is 18.0. The van der Waals surface area contributed by atoms with Crippen molar-refractivity contribution < 1.29 is 9.59 Å². The third kappa shape index (κ3) is 4.69. The van der Waals surface area contributed by atoms with Gasteiger partial charge in [-0.15, -0.1) is 0 Å². The maximum absolute atomic E-state index is 12.9. The summed E-state index contributed by atoms with van der Waals surface area (Å²) >= 11 is 1.36. The highest BCUT2D eigenvalue weighted by Crippen LogP contribution is 2.31. The minimum Gasteiger partial charge on any atom is -0.326 e. The summed E-state index contributed by atoms with van der Waals surface area (Å²) in [6.45, 7) is 3.94. The van der Waals surface area contributed by atoms with E-state index < -0.39 is 17.4 Å². The fourth-order valence-corrected chi connectivity index (χ4v) is 4.23. The van der Waals surface area contributed by atoms with E-state index in [0.29, 0.717) is 16.6 Å². The highest BCUT2D eigenvalue weighted by atomic mass is 32.2. The normalized spacial score (nSPS) is 15.2. The van der Waals surface area contributed by atoms with Gasteiger partial charge in [-0.1, -0.05) is 48.2 Å². The van der Waals surface area contributed by atoms with Crippen LogP contribution in [0.15, 0.2) is 58.5 Å². The number of fused-ring (bicyclic) bond motifs is 1. The van der Waals surface area contributed by atoms with Gasteiger partial charge in [0.05, 0.1) is 11.5 Å². The first-order chi connectivity index (χ1) is 14.9. The van der Waals surface area contributed by atoms with Crippen molar-refractivity contribution >= 4 is 35.1 Å². The number of aryl methyl sites for hydroxylation is 2. The number of aromatic amines is 1. The average Bonchev–Trinajstić information content (AvgIpc) is 2.74. The van der Waals surface area contributed by atoms with E-state index in [-0.39, 0.29) is 23.7 Å². The number of H-pyrrole nitrogens is 1. The van der Waals surface area contributed by atoms with E-state index in [1.807, 2.05) is 56.3 Å². The molecule has 31 heavy (non-hydrogen) atoms. The molecule has 0 radical (unpaired) electrons. The van der Waals surface area contributed by atoms with Gasteiger partial charge in [-0.05, 0) is 42.7 Å². The molecule has 0 saturated carbocycles. The molecule has 0 bridgehead atoms. The topological polar surface area (TPSA) is 104 Å². The molecular formula is C23H22N4O3S. The maximum atomic E-state index is 12.9. The van der Waals surface area contributed by atoms with E-state index in [4.69, 9.17) is 0 Å². The molecule has 1 aromatic heterocycles. The van der Waals surface area contributed by atoms with Gasteiger partial charge in [-0.3, -0.25) is 14.4 Å². The van der Waals surface area contributed by atoms with Crippen LogP contribution in [0.4, 0.5) is 11.5 Å². The van der Waals surface area contributed by atoms with Gasteiger partial charge < -0.3 is 15.6 Å². The standard InChI is InChI=1S/C23H22N4O3S/c1-13-8-9-16(10-14(13)2)24-21(29)17-11-18(28)25-20-19(17)22(30)27-23(26-20)31-12-15-6-4-3-5-7-15/h3-10,17H,11-12H2,1-2H3,(H,24,29)(H2,25,26,27,28,30)/t17-/m0/s1. The molecule has 158 valence electrons. The lowest BCUT2D eigenvalue weighted by Crippen LogP contribution is -2.36. The van der Waals surface area contributed by atoms with Crippen LogP contribution >= 0.6 is 11.8 Å². The molecule has 3 N–H and O–H groups in total. The fraction of sp³-hybridized carbons (Fsp3) is 0.217. The first kappa shape index (κ1) is 20.9. The van der Waals surface area contributed by atoms with Crippen LogP contribution in [0.1, 0.15) is 34.6 Å². The van der Waals surface area contributed by atoms with Crippen LogP contribution in [0.25, 0.3) is 0 Å². The van der Waals surface area contributed by atoms with Crippen LogP contribution in [0.5, 0.6) is 0 Å². The van der Waals surface area contributed by atoms with Crippen molar-refractivity contribution in [1.29, 1.82) is 0 Å². The Hall–Kier alpha value is -3.39. The smallest absolute Gasteiger partial charge is 0.257 e. The number of hydrogen-bond acceptors (Lipinski definition) is 5. The van der Waals surface area contributed by atoms with Crippen LogP contribution < -0.4 is 16.2 Å². The summed E-state index contributed by atoms with van der Waals surface area (Å²) in [6, 6.07) is 15.4. The monoisotopic (exact) mass is 434 g/mol. The van der Waals surface area contributed by atoms with E-state index in [9.17, 15) is 14.4 Å². The Morgan fingerprint density at radius 1 is 1.13 bits per heavy atom. The molecule has 2 aromatic carbocycles. The van der Waals surface area contributed by atoms with Crippen molar-refractivity contribution in [3.63, 3.8) is 0 Å². The van der Waals surface area contributed by atoms with Gasteiger partial charge >= 0.3 is 0 Å². The fourth-order valence-electron chi connectivity index (χ4n) is 3.42. The predicted octanol–water partition coefficient (Wildman–Crippen LogP) is 3.74. The van der Waals surface area contributed by atoms with Crippen LogP contribution in [0.2, 0.25) is 0 Å². The molecule has 1 aliphatic rings. The van der Waals surface area contributed by atoms with E-state index in [1.165, 1.54) is 11.8 Å². The Bertz CT molecular complexity index is 1210. The highest BCUT2D eigenvalue weighted by molar-refractivity contribution is 7.98. The van der Waals surface area contributed by atoms with Crippen molar-refractivity contribution in [2.45, 2.75) is 37.1 Å². The number of carbonyl (C=O) groups is 2. The quantitative estimate of drug-likeness (QED) is 0.419. The molecule has 8 heteroatoms. The van der Waals surface area contributed by atoms with Crippen molar-refractivity contribution in [3.05, 3.63) is 81.1 Å². The number of thioether (sulfide) groups is 1. The highest BCUT2D eigenvalue weighted by Gasteiger charge is 2.34. The molecular weight excluding hydrogens is 412 g/mol. The van der Waals surface area contributed by atoms with Gasteiger partial charge in [0.15, 0.2) is 5.16 Å². The van der Waals surface area contributed by atoms with Gasteiger partial charge in [-0.25, -0.2) is 4.98 Å². The van der Waals surface area contributed by atoms with E-state index >= 15 is 0 Å². The summed E-state index contributed by atoms with van der Waals surface area (Å²) in [6.07, 6.45) is -0.106. The number of rotatable bonds is 5. The zero-order chi connectivity index (χ0) is 22.0. The molecule has 1 atom stereocenters. The number of nitrogens with zero attached hydrogens (tertiary/aromatic N) is 1. The number of aromatic nitrogens is 2. The van der Waals surface area contributed by atoms with Gasteiger partial charge in [0.25, 0.3) is 5.56 Å². The lowest BCUT2D eigenvalue weighted by atomic mass is 9.92. The largest absolute Gasteiger partial charge is 0.326 e. The van der Waals surface area contributed by atoms with E-state index in [0.717, 1.165) is 16.7 Å². The molecule has 0 spiro atoms. The van der Waals surface area contributed by atoms with Crippen LogP contribution in [0.3, 0.4) is 0 Å². The molecule has 0 fully saturated rings. The summed E-state index contributed by atoms with van der Waals surface area (Å²) in [5, 5.41) is 5.86.